The van der Waals surface area contributed by atoms with Crippen molar-refractivity contribution < 1.29 is 5.76 Å². The highest BCUT2D eigenvalue weighted by Crippen LogP contribution is 2.41. The van der Waals surface area contributed by atoms with E-state index in [0.29, 0.717) is 5.56 Å². The van der Waals surface area contributed by atoms with Crippen LogP contribution in [0.5, 0.6) is 0 Å². The maximum absolute atomic E-state index is 14.9. The van der Waals surface area contributed by atoms with Crippen LogP contribution in [-0.2, 0) is 0 Å². The van der Waals surface area contributed by atoms with Crippen LogP contribution in [0, 0.1) is 5.82 Å². The lowest BCUT2D eigenvalue weighted by Gasteiger charge is -2.08. The van der Waals surface area contributed by atoms with Crippen LogP contribution in [-0.4, -0.2) is 4.98 Å². The fraction of sp³-hybridized carbons (Fsp3) is 0.115. The van der Waals surface area contributed by atoms with Crippen LogP contribution in [0.2, 0.25) is 0 Å². The molecule has 0 radical (unpaired) electrons. The highest BCUT2D eigenvalue weighted by molar-refractivity contribution is 7.26. The Labute approximate surface area is 174 Å². The predicted octanol–water partition coefficient (Wildman–Crippen LogP) is 8.05. The van der Waals surface area contributed by atoms with Crippen molar-refractivity contribution in [2.45, 2.75) is 19.7 Å². The first-order valence-corrected chi connectivity index (χ1v) is 10.4. The van der Waals surface area contributed by atoms with Gasteiger partial charge in [0.15, 0.2) is 0 Å². The molecule has 0 amide bonds. The number of rotatable bonds is 3. The minimum absolute atomic E-state index is 0.210. The molecule has 0 saturated heterocycles. The van der Waals surface area contributed by atoms with Crippen LogP contribution in [0.4, 0.5) is 4.39 Å². The standard InChI is InChI=1S/C26H20FNS/c1-16(2)18-11-12-28-24(13-18)20-10-6-9-19-22-14-21(17-7-4-3-5-8-17)23(27)15-25(22)29-26(19)20/h3-16H,1-2H3/i16D. The van der Waals surface area contributed by atoms with E-state index in [4.69, 9.17) is 1.37 Å². The fourth-order valence-electron chi connectivity index (χ4n) is 3.75. The molecule has 2 heterocycles. The number of halogens is 1. The summed E-state index contributed by atoms with van der Waals surface area (Å²) in [5.41, 5.74) is 4.27. The SMILES string of the molecule is [2H]C(C)(C)c1ccnc(-c2cccc3c2sc2cc(F)c(-c4ccccc4)cc23)c1. The number of hydrogen-bond donors (Lipinski definition) is 0. The van der Waals surface area contributed by atoms with Crippen LogP contribution in [0.1, 0.15) is 26.7 Å². The molecule has 0 saturated carbocycles. The molecule has 142 valence electrons. The molecular formula is C26H20FNS. The van der Waals surface area contributed by atoms with E-state index in [-0.39, 0.29) is 5.82 Å². The second-order valence-corrected chi connectivity index (χ2v) is 8.46. The monoisotopic (exact) mass is 398 g/mol. The van der Waals surface area contributed by atoms with Gasteiger partial charge in [-0.15, -0.1) is 11.3 Å². The van der Waals surface area contributed by atoms with Gasteiger partial charge in [-0.1, -0.05) is 62.4 Å². The third-order valence-corrected chi connectivity index (χ3v) is 6.49. The zero-order valence-corrected chi connectivity index (χ0v) is 17.1. The number of hydrogen-bond acceptors (Lipinski definition) is 2. The summed E-state index contributed by atoms with van der Waals surface area (Å²) in [6.07, 6.45) is 1.76. The largest absolute Gasteiger partial charge is 0.256 e. The van der Waals surface area contributed by atoms with Gasteiger partial charge in [0.2, 0.25) is 0 Å². The maximum atomic E-state index is 14.9. The number of fused-ring (bicyclic) bond motifs is 3. The van der Waals surface area contributed by atoms with Crippen LogP contribution in [0.15, 0.2) is 79.0 Å². The molecule has 3 heteroatoms. The Balaban J connectivity index is 1.74. The molecule has 0 N–H and O–H groups in total. The van der Waals surface area contributed by atoms with Gasteiger partial charge < -0.3 is 0 Å². The van der Waals surface area contributed by atoms with E-state index in [2.05, 4.69) is 17.1 Å². The fourth-order valence-corrected chi connectivity index (χ4v) is 4.98. The van der Waals surface area contributed by atoms with Crippen molar-refractivity contribution in [3.05, 3.63) is 90.4 Å². The first-order chi connectivity index (χ1) is 14.4. The minimum atomic E-state index is -0.695. The zero-order valence-electron chi connectivity index (χ0n) is 17.2. The summed E-state index contributed by atoms with van der Waals surface area (Å²) < 4.78 is 25.3. The quantitative estimate of drug-likeness (QED) is 0.300. The Hall–Kier alpha value is -3.04. The second-order valence-electron chi connectivity index (χ2n) is 7.41. The maximum Gasteiger partial charge on any atom is 0.132 e. The lowest BCUT2D eigenvalue weighted by atomic mass is 9.99. The second kappa shape index (κ2) is 7.09. The zero-order chi connectivity index (χ0) is 20.9. The van der Waals surface area contributed by atoms with E-state index in [9.17, 15) is 4.39 Å². The molecule has 0 aliphatic heterocycles. The molecule has 5 rings (SSSR count). The third kappa shape index (κ3) is 3.12. The van der Waals surface area contributed by atoms with Crippen LogP contribution < -0.4 is 0 Å². The summed E-state index contributed by atoms with van der Waals surface area (Å²) in [6.45, 7) is 3.75. The highest BCUT2D eigenvalue weighted by Gasteiger charge is 2.15. The summed E-state index contributed by atoms with van der Waals surface area (Å²) in [5, 5.41) is 2.15. The Morgan fingerprint density at radius 2 is 1.72 bits per heavy atom. The van der Waals surface area contributed by atoms with Gasteiger partial charge in [-0.25, -0.2) is 4.39 Å². The van der Waals surface area contributed by atoms with Crippen molar-refractivity contribution in [1.29, 1.82) is 0 Å². The average Bonchev–Trinajstić information content (AvgIpc) is 3.10. The molecule has 1 nitrogen and oxygen atoms in total. The van der Waals surface area contributed by atoms with Crippen LogP contribution >= 0.6 is 11.3 Å². The molecular weight excluding hydrogens is 377 g/mol. The van der Waals surface area contributed by atoms with Gasteiger partial charge in [-0.2, -0.15) is 0 Å². The first kappa shape index (κ1) is 16.9. The van der Waals surface area contributed by atoms with Gasteiger partial charge in [0.1, 0.15) is 5.82 Å². The van der Waals surface area contributed by atoms with Gasteiger partial charge in [0.25, 0.3) is 0 Å². The van der Waals surface area contributed by atoms with E-state index in [1.807, 2.05) is 68.4 Å². The van der Waals surface area contributed by atoms with E-state index in [1.165, 1.54) is 0 Å². The molecule has 0 aliphatic rings. The summed E-state index contributed by atoms with van der Waals surface area (Å²) in [4.78, 5) is 4.58. The van der Waals surface area contributed by atoms with Crippen molar-refractivity contribution >= 4 is 31.5 Å². The number of benzene rings is 3. The van der Waals surface area contributed by atoms with Gasteiger partial charge in [0, 0.05) is 38.9 Å². The third-order valence-electron chi connectivity index (χ3n) is 5.28. The minimum Gasteiger partial charge on any atom is -0.256 e. The number of pyridine rings is 1. The number of aromatic nitrogens is 1. The molecule has 0 spiro atoms. The smallest absolute Gasteiger partial charge is 0.132 e. The predicted molar refractivity (Wildman–Crippen MR) is 122 cm³/mol. The van der Waals surface area contributed by atoms with Gasteiger partial charge in [-0.05, 0) is 41.3 Å². The van der Waals surface area contributed by atoms with Crippen molar-refractivity contribution in [3.8, 4) is 22.4 Å². The Morgan fingerprint density at radius 3 is 2.52 bits per heavy atom. The van der Waals surface area contributed by atoms with Crippen LogP contribution in [0.25, 0.3) is 42.6 Å². The highest BCUT2D eigenvalue weighted by atomic mass is 32.1. The van der Waals surface area contributed by atoms with E-state index in [0.717, 1.165) is 42.6 Å². The normalized spacial score (nSPS) is 12.4. The average molecular weight is 399 g/mol. The molecule has 0 bridgehead atoms. The summed E-state index contributed by atoms with van der Waals surface area (Å²) >= 11 is 1.59. The Kier molecular flexibility index (Phi) is 4.12. The molecule has 0 atom stereocenters. The first-order valence-electron chi connectivity index (χ1n) is 10.1. The van der Waals surface area contributed by atoms with Crippen molar-refractivity contribution in [2.24, 2.45) is 0 Å². The Morgan fingerprint density at radius 1 is 0.897 bits per heavy atom. The van der Waals surface area contributed by atoms with E-state index >= 15 is 0 Å². The Bertz CT molecular complexity index is 1380. The van der Waals surface area contributed by atoms with Crippen molar-refractivity contribution in [1.82, 2.24) is 4.98 Å². The molecule has 2 aromatic heterocycles. The van der Waals surface area contributed by atoms with Gasteiger partial charge >= 0.3 is 0 Å². The molecule has 0 unspecified atom stereocenters. The van der Waals surface area contributed by atoms with Crippen molar-refractivity contribution in [3.63, 3.8) is 0 Å². The molecule has 0 fully saturated rings. The lowest BCUT2D eigenvalue weighted by molar-refractivity contribution is 0.633. The summed E-state index contributed by atoms with van der Waals surface area (Å²) in [6, 6.07) is 23.3. The molecule has 0 aliphatic carbocycles. The summed E-state index contributed by atoms with van der Waals surface area (Å²) in [5.74, 6) is -0.905. The van der Waals surface area contributed by atoms with Crippen molar-refractivity contribution in [2.75, 3.05) is 0 Å². The molecule has 3 aromatic carbocycles. The van der Waals surface area contributed by atoms with Gasteiger partial charge in [-0.3, -0.25) is 4.98 Å². The summed E-state index contributed by atoms with van der Waals surface area (Å²) in [7, 11) is 0. The molecule has 29 heavy (non-hydrogen) atoms. The van der Waals surface area contributed by atoms with Gasteiger partial charge in [0.05, 0.1) is 5.69 Å². The molecule has 5 aromatic rings. The lowest BCUT2D eigenvalue weighted by Crippen LogP contribution is -1.90. The van der Waals surface area contributed by atoms with E-state index in [1.54, 1.807) is 23.6 Å². The number of nitrogens with zero attached hydrogens (tertiary/aromatic N) is 1. The van der Waals surface area contributed by atoms with Crippen LogP contribution in [0.3, 0.4) is 0 Å². The topological polar surface area (TPSA) is 12.9 Å². The van der Waals surface area contributed by atoms with E-state index < -0.39 is 5.89 Å². The number of thiophene rings is 1.